The van der Waals surface area contributed by atoms with Crippen molar-refractivity contribution in [1.29, 1.82) is 0 Å². The van der Waals surface area contributed by atoms with Crippen molar-refractivity contribution in [1.82, 2.24) is 0 Å². The molecule has 1 amide bonds. The van der Waals surface area contributed by atoms with Crippen LogP contribution in [0.3, 0.4) is 0 Å². The van der Waals surface area contributed by atoms with Gasteiger partial charge in [0.25, 0.3) is 5.91 Å². The highest BCUT2D eigenvalue weighted by Crippen LogP contribution is 2.50. The van der Waals surface area contributed by atoms with Crippen LogP contribution in [0.25, 0.3) is 0 Å². The molecule has 1 heterocycles. The van der Waals surface area contributed by atoms with E-state index in [2.05, 4.69) is 21.2 Å². The molecule has 1 atom stereocenters. The number of rotatable bonds is 6. The first-order chi connectivity index (χ1) is 17.9. The zero-order valence-electron chi connectivity index (χ0n) is 22.1. The van der Waals surface area contributed by atoms with Crippen LogP contribution in [0.15, 0.2) is 63.7 Å². The number of Topliss-reactive ketones (excluding diaryl/α,β-unsaturated/α-hetero) is 1. The summed E-state index contributed by atoms with van der Waals surface area (Å²) >= 11 is 3.48. The Labute approximate surface area is 230 Å². The number of nitrogens with one attached hydrogen (secondary N) is 1. The van der Waals surface area contributed by atoms with Crippen LogP contribution in [-0.4, -0.2) is 31.4 Å². The van der Waals surface area contributed by atoms with Crippen molar-refractivity contribution < 1.29 is 28.6 Å². The van der Waals surface area contributed by atoms with Crippen molar-refractivity contribution in [2.24, 2.45) is 11.1 Å². The summed E-state index contributed by atoms with van der Waals surface area (Å²) in [6.45, 7) is 7.63. The van der Waals surface area contributed by atoms with Gasteiger partial charge in [-0.05, 0) is 60.7 Å². The van der Waals surface area contributed by atoms with E-state index in [0.717, 1.165) is 11.1 Å². The van der Waals surface area contributed by atoms with Crippen LogP contribution in [-0.2, 0) is 23.9 Å². The number of benzene rings is 2. The fourth-order valence-corrected chi connectivity index (χ4v) is 5.22. The molecule has 38 heavy (non-hydrogen) atoms. The van der Waals surface area contributed by atoms with Gasteiger partial charge in [0.15, 0.2) is 12.4 Å². The molecule has 0 saturated heterocycles. The lowest BCUT2D eigenvalue weighted by molar-refractivity contribution is -0.136. The Bertz CT molecular complexity index is 1390. The third-order valence-electron chi connectivity index (χ3n) is 6.79. The molecule has 0 saturated carbocycles. The maximum Gasteiger partial charge on any atom is 0.340 e. The minimum Gasteiger partial charge on any atom is -0.483 e. The minimum atomic E-state index is -0.884. The number of nitrogens with two attached hydrogens (primary N) is 1. The van der Waals surface area contributed by atoms with Crippen LogP contribution in [0.4, 0.5) is 5.69 Å². The average Bonchev–Trinajstić information content (AvgIpc) is 2.83. The van der Waals surface area contributed by atoms with Crippen LogP contribution < -0.4 is 15.8 Å². The molecule has 200 valence electrons. The van der Waals surface area contributed by atoms with E-state index in [1.165, 1.54) is 7.11 Å². The van der Waals surface area contributed by atoms with E-state index in [-0.39, 0.29) is 41.6 Å². The van der Waals surface area contributed by atoms with E-state index in [9.17, 15) is 14.4 Å². The number of hydrogen-bond donors (Lipinski definition) is 2. The molecule has 0 radical (unpaired) electrons. The lowest BCUT2D eigenvalue weighted by Gasteiger charge is -2.38. The second-order valence-electron chi connectivity index (χ2n) is 10.4. The number of halogens is 1. The largest absolute Gasteiger partial charge is 0.483 e. The predicted molar refractivity (Wildman–Crippen MR) is 146 cm³/mol. The van der Waals surface area contributed by atoms with Crippen molar-refractivity contribution in [2.75, 3.05) is 19.0 Å². The molecule has 0 aromatic heterocycles. The lowest BCUT2D eigenvalue weighted by Crippen LogP contribution is -2.35. The van der Waals surface area contributed by atoms with E-state index < -0.39 is 11.9 Å². The first-order valence-electron chi connectivity index (χ1n) is 12.2. The standard InChI is InChI=1S/C29H31BrN2O6/c1-15-6-8-18(10-16(15)2)32-23(34)14-37-21-9-7-17(30)11-19(21)24-25-20(33)12-29(3,4)13-22(25)38-27(31)26(24)28(35)36-5/h6-11,24H,12-14,31H2,1-5H3,(H,32,34). The molecule has 9 heteroatoms. The van der Waals surface area contributed by atoms with Crippen molar-refractivity contribution in [3.05, 3.63) is 80.3 Å². The smallest absolute Gasteiger partial charge is 0.340 e. The van der Waals surface area contributed by atoms with Gasteiger partial charge >= 0.3 is 5.97 Å². The van der Waals surface area contributed by atoms with Gasteiger partial charge in [-0.15, -0.1) is 0 Å². The number of ketones is 1. The van der Waals surface area contributed by atoms with Crippen LogP contribution in [0.1, 0.15) is 49.3 Å². The molecule has 1 aliphatic carbocycles. The fraction of sp³-hybridized carbons (Fsp3) is 0.345. The Morgan fingerprint density at radius 2 is 1.87 bits per heavy atom. The number of aryl methyl sites for hydroxylation is 2. The SMILES string of the molecule is COC(=O)C1=C(N)OC2=C(C(=O)CC(C)(C)C2)C1c1cc(Br)ccc1OCC(=O)Nc1ccc(C)c(C)c1. The summed E-state index contributed by atoms with van der Waals surface area (Å²) in [6.07, 6.45) is 0.755. The number of amides is 1. The molecule has 2 aliphatic rings. The average molecular weight is 583 g/mol. The van der Waals surface area contributed by atoms with E-state index in [0.29, 0.717) is 39.2 Å². The van der Waals surface area contributed by atoms with Gasteiger partial charge in [0, 0.05) is 34.1 Å². The molecule has 0 spiro atoms. The van der Waals surface area contributed by atoms with Crippen molar-refractivity contribution >= 4 is 39.3 Å². The second kappa shape index (κ2) is 10.6. The number of hydrogen-bond acceptors (Lipinski definition) is 7. The molecule has 8 nitrogen and oxygen atoms in total. The molecular weight excluding hydrogens is 552 g/mol. The molecular formula is C29H31BrN2O6. The van der Waals surface area contributed by atoms with Gasteiger partial charge in [-0.3, -0.25) is 9.59 Å². The Kier molecular flexibility index (Phi) is 7.69. The van der Waals surface area contributed by atoms with Crippen molar-refractivity contribution in [3.8, 4) is 5.75 Å². The molecule has 0 bridgehead atoms. The summed E-state index contributed by atoms with van der Waals surface area (Å²) in [7, 11) is 1.24. The van der Waals surface area contributed by atoms with Gasteiger partial charge in [0.05, 0.1) is 13.0 Å². The van der Waals surface area contributed by atoms with Gasteiger partial charge in [-0.1, -0.05) is 35.8 Å². The van der Waals surface area contributed by atoms with Crippen LogP contribution in [0, 0.1) is 19.3 Å². The highest BCUT2D eigenvalue weighted by Gasteiger charge is 2.45. The van der Waals surface area contributed by atoms with Crippen LogP contribution >= 0.6 is 15.9 Å². The van der Waals surface area contributed by atoms with Crippen LogP contribution in [0.5, 0.6) is 5.75 Å². The summed E-state index contributed by atoms with van der Waals surface area (Å²) in [5.74, 6) is -1.46. The number of esters is 1. The van der Waals surface area contributed by atoms with Gasteiger partial charge in [0.2, 0.25) is 5.88 Å². The van der Waals surface area contributed by atoms with E-state index >= 15 is 0 Å². The molecule has 1 aliphatic heterocycles. The van der Waals surface area contributed by atoms with Gasteiger partial charge < -0.3 is 25.3 Å². The van der Waals surface area contributed by atoms with Gasteiger partial charge in [-0.25, -0.2) is 4.79 Å². The van der Waals surface area contributed by atoms with Gasteiger partial charge in [0.1, 0.15) is 17.1 Å². The van der Waals surface area contributed by atoms with E-state index in [4.69, 9.17) is 19.9 Å². The summed E-state index contributed by atoms with van der Waals surface area (Å²) < 4.78 is 17.5. The maximum atomic E-state index is 13.4. The van der Waals surface area contributed by atoms with Crippen LogP contribution in [0.2, 0.25) is 0 Å². The fourth-order valence-electron chi connectivity index (χ4n) is 4.84. The summed E-state index contributed by atoms with van der Waals surface area (Å²) in [6, 6.07) is 10.8. The number of anilines is 1. The molecule has 0 fully saturated rings. The summed E-state index contributed by atoms with van der Waals surface area (Å²) in [5, 5.41) is 2.84. The Hall–Kier alpha value is -3.59. The number of carbonyl (C=O) groups excluding carboxylic acids is 3. The Morgan fingerprint density at radius 1 is 1.13 bits per heavy atom. The first-order valence-corrected chi connectivity index (χ1v) is 13.0. The Balaban J connectivity index is 1.71. The Morgan fingerprint density at radius 3 is 2.55 bits per heavy atom. The predicted octanol–water partition coefficient (Wildman–Crippen LogP) is 5.18. The topological polar surface area (TPSA) is 117 Å². The van der Waals surface area contributed by atoms with Crippen molar-refractivity contribution in [3.63, 3.8) is 0 Å². The highest BCUT2D eigenvalue weighted by atomic mass is 79.9. The summed E-state index contributed by atoms with van der Waals surface area (Å²) in [5.41, 5.74) is 9.61. The monoisotopic (exact) mass is 582 g/mol. The lowest BCUT2D eigenvalue weighted by atomic mass is 9.70. The number of ether oxygens (including phenoxy) is 3. The molecule has 2 aromatic carbocycles. The third-order valence-corrected chi connectivity index (χ3v) is 7.29. The zero-order chi connectivity index (χ0) is 27.8. The van der Waals surface area contributed by atoms with Gasteiger partial charge in [-0.2, -0.15) is 0 Å². The molecule has 3 N–H and O–H groups in total. The van der Waals surface area contributed by atoms with Crippen molar-refractivity contribution in [2.45, 2.75) is 46.5 Å². The molecule has 1 unspecified atom stereocenters. The quantitative estimate of drug-likeness (QED) is 0.450. The first kappa shape index (κ1) is 27.4. The normalized spacial score (nSPS) is 18.5. The van der Waals surface area contributed by atoms with E-state index in [1.54, 1.807) is 18.2 Å². The number of methoxy groups -OCH3 is 1. The zero-order valence-corrected chi connectivity index (χ0v) is 23.7. The van der Waals surface area contributed by atoms with E-state index in [1.807, 2.05) is 45.9 Å². The molecule has 4 rings (SSSR count). The third kappa shape index (κ3) is 5.62. The maximum absolute atomic E-state index is 13.4. The molecule has 2 aromatic rings. The second-order valence-corrected chi connectivity index (χ2v) is 11.3. The number of allylic oxidation sites excluding steroid dienone is 2. The summed E-state index contributed by atoms with van der Waals surface area (Å²) in [4.78, 5) is 39.1. The minimum absolute atomic E-state index is 0.0156. The highest BCUT2D eigenvalue weighted by molar-refractivity contribution is 9.10. The number of carbonyl (C=O) groups is 3.